The summed E-state index contributed by atoms with van der Waals surface area (Å²) >= 11 is 0. The second-order valence-corrected chi connectivity index (χ2v) is 2.52. The standard InChI is InChI=1S/C6H11F2N/c1-4-5(7)2-3-9-6(4)8/h4-6,9H,2-3H2,1H3. The number of hydrogen-bond acceptors (Lipinski definition) is 1. The molecule has 1 heterocycles. The minimum atomic E-state index is -1.14. The molecule has 9 heavy (non-hydrogen) atoms. The van der Waals surface area contributed by atoms with Gasteiger partial charge >= 0.3 is 0 Å². The lowest BCUT2D eigenvalue weighted by Crippen LogP contribution is -2.42. The molecule has 0 aromatic rings. The van der Waals surface area contributed by atoms with Gasteiger partial charge in [-0.1, -0.05) is 6.92 Å². The van der Waals surface area contributed by atoms with E-state index < -0.39 is 18.4 Å². The zero-order chi connectivity index (χ0) is 6.85. The van der Waals surface area contributed by atoms with Gasteiger partial charge in [-0.3, -0.25) is 5.32 Å². The zero-order valence-corrected chi connectivity index (χ0v) is 5.40. The largest absolute Gasteiger partial charge is 0.287 e. The van der Waals surface area contributed by atoms with Gasteiger partial charge in [0, 0.05) is 12.5 Å². The zero-order valence-electron chi connectivity index (χ0n) is 5.40. The molecule has 1 fully saturated rings. The molecule has 0 saturated carbocycles. The summed E-state index contributed by atoms with van der Waals surface area (Å²) in [4.78, 5) is 0. The highest BCUT2D eigenvalue weighted by molar-refractivity contribution is 4.77. The summed E-state index contributed by atoms with van der Waals surface area (Å²) in [6.07, 6.45) is -1.66. The monoisotopic (exact) mass is 135 g/mol. The van der Waals surface area contributed by atoms with Gasteiger partial charge in [0.05, 0.1) is 0 Å². The van der Waals surface area contributed by atoms with E-state index in [0.717, 1.165) is 0 Å². The van der Waals surface area contributed by atoms with Gasteiger partial charge in [0.2, 0.25) is 0 Å². The molecule has 0 aromatic heterocycles. The molecule has 3 atom stereocenters. The van der Waals surface area contributed by atoms with E-state index in [-0.39, 0.29) is 0 Å². The van der Waals surface area contributed by atoms with Crippen molar-refractivity contribution < 1.29 is 8.78 Å². The molecule has 0 aromatic carbocycles. The van der Waals surface area contributed by atoms with Crippen molar-refractivity contribution in [1.29, 1.82) is 0 Å². The summed E-state index contributed by atoms with van der Waals surface area (Å²) in [7, 11) is 0. The van der Waals surface area contributed by atoms with Crippen LogP contribution >= 0.6 is 0 Å². The number of halogens is 2. The molecule has 0 aliphatic carbocycles. The molecule has 0 bridgehead atoms. The van der Waals surface area contributed by atoms with Crippen molar-refractivity contribution in [2.24, 2.45) is 5.92 Å². The van der Waals surface area contributed by atoms with Crippen LogP contribution in [-0.2, 0) is 0 Å². The summed E-state index contributed by atoms with van der Waals surface area (Å²) in [6, 6.07) is 0. The van der Waals surface area contributed by atoms with E-state index in [0.29, 0.717) is 13.0 Å². The summed E-state index contributed by atoms with van der Waals surface area (Å²) in [5.41, 5.74) is 0. The summed E-state index contributed by atoms with van der Waals surface area (Å²) in [5.74, 6) is -0.473. The van der Waals surface area contributed by atoms with Crippen LogP contribution in [0.5, 0.6) is 0 Å². The highest BCUT2D eigenvalue weighted by atomic mass is 19.1. The van der Waals surface area contributed by atoms with Gasteiger partial charge in [-0.2, -0.15) is 0 Å². The third-order valence-corrected chi connectivity index (χ3v) is 1.79. The van der Waals surface area contributed by atoms with Crippen LogP contribution in [0.1, 0.15) is 13.3 Å². The van der Waals surface area contributed by atoms with Crippen LogP contribution in [0.3, 0.4) is 0 Å². The second-order valence-electron chi connectivity index (χ2n) is 2.52. The maximum Gasteiger partial charge on any atom is 0.156 e. The highest BCUT2D eigenvalue weighted by Gasteiger charge is 2.28. The summed E-state index contributed by atoms with van der Waals surface area (Å²) in [5, 5.41) is 2.56. The molecule has 3 unspecified atom stereocenters. The van der Waals surface area contributed by atoms with Crippen LogP contribution in [0, 0.1) is 5.92 Å². The first-order valence-electron chi connectivity index (χ1n) is 3.23. The average Bonchev–Trinajstić information content (AvgIpc) is 1.83. The van der Waals surface area contributed by atoms with Crippen LogP contribution < -0.4 is 5.32 Å². The Labute approximate surface area is 53.4 Å². The lowest BCUT2D eigenvalue weighted by atomic mass is 9.99. The molecule has 1 aliphatic heterocycles. The molecule has 54 valence electrons. The van der Waals surface area contributed by atoms with Gasteiger partial charge in [0.15, 0.2) is 6.30 Å². The maximum absolute atomic E-state index is 12.5. The number of alkyl halides is 2. The van der Waals surface area contributed by atoms with Gasteiger partial charge < -0.3 is 0 Å². The van der Waals surface area contributed by atoms with E-state index in [1.54, 1.807) is 6.92 Å². The Balaban J connectivity index is 2.41. The topological polar surface area (TPSA) is 12.0 Å². The van der Waals surface area contributed by atoms with E-state index in [1.807, 2.05) is 0 Å². The minimum Gasteiger partial charge on any atom is -0.287 e. The molecule has 0 spiro atoms. The summed E-state index contributed by atoms with van der Waals surface area (Å²) < 4.78 is 25.0. The molecule has 1 saturated heterocycles. The highest BCUT2D eigenvalue weighted by Crippen LogP contribution is 2.19. The van der Waals surface area contributed by atoms with Gasteiger partial charge in [-0.25, -0.2) is 8.78 Å². The average molecular weight is 135 g/mol. The first kappa shape index (κ1) is 6.93. The second kappa shape index (κ2) is 2.60. The quantitative estimate of drug-likeness (QED) is 0.493. The fraction of sp³-hybridized carbons (Fsp3) is 1.00. The van der Waals surface area contributed by atoms with E-state index in [9.17, 15) is 8.78 Å². The Kier molecular flexibility index (Phi) is 2.01. The predicted octanol–water partition coefficient (Wildman–Crippen LogP) is 1.25. The molecule has 1 rings (SSSR count). The first-order valence-corrected chi connectivity index (χ1v) is 3.23. The van der Waals surface area contributed by atoms with Gasteiger partial charge in [0.25, 0.3) is 0 Å². The van der Waals surface area contributed by atoms with Crippen molar-refractivity contribution in [3.05, 3.63) is 0 Å². The number of hydrogen-bond donors (Lipinski definition) is 1. The van der Waals surface area contributed by atoms with Crippen molar-refractivity contribution in [3.8, 4) is 0 Å². The molecule has 1 nitrogen and oxygen atoms in total. The van der Waals surface area contributed by atoms with E-state index in [2.05, 4.69) is 5.32 Å². The Morgan fingerprint density at radius 2 is 2.11 bits per heavy atom. The normalized spacial score (nSPS) is 45.0. The van der Waals surface area contributed by atoms with E-state index >= 15 is 0 Å². The third-order valence-electron chi connectivity index (χ3n) is 1.79. The maximum atomic E-state index is 12.5. The lowest BCUT2D eigenvalue weighted by molar-refractivity contribution is 0.0743. The van der Waals surface area contributed by atoms with E-state index in [1.165, 1.54) is 0 Å². The van der Waals surface area contributed by atoms with Gasteiger partial charge in [-0.15, -0.1) is 0 Å². The fourth-order valence-corrected chi connectivity index (χ4v) is 0.991. The first-order chi connectivity index (χ1) is 4.22. The van der Waals surface area contributed by atoms with Crippen LogP contribution in [0.15, 0.2) is 0 Å². The molecule has 1 N–H and O–H groups in total. The Morgan fingerprint density at radius 1 is 1.44 bits per heavy atom. The van der Waals surface area contributed by atoms with Crippen LogP contribution in [0.25, 0.3) is 0 Å². The van der Waals surface area contributed by atoms with Crippen molar-refractivity contribution in [3.63, 3.8) is 0 Å². The SMILES string of the molecule is CC1C(F)CCNC1F. The van der Waals surface area contributed by atoms with Crippen molar-refractivity contribution >= 4 is 0 Å². The summed E-state index contributed by atoms with van der Waals surface area (Å²) in [6.45, 7) is 2.05. The van der Waals surface area contributed by atoms with Crippen LogP contribution in [0.4, 0.5) is 8.78 Å². The molecule has 0 radical (unpaired) electrons. The van der Waals surface area contributed by atoms with Gasteiger partial charge in [0.1, 0.15) is 6.17 Å². The smallest absolute Gasteiger partial charge is 0.156 e. The third kappa shape index (κ3) is 1.39. The molecular formula is C6H11F2N. The Bertz CT molecular complexity index is 87.1. The van der Waals surface area contributed by atoms with Crippen molar-refractivity contribution in [1.82, 2.24) is 5.32 Å². The van der Waals surface area contributed by atoms with Crippen LogP contribution in [0.2, 0.25) is 0 Å². The number of rotatable bonds is 0. The fourth-order valence-electron chi connectivity index (χ4n) is 0.991. The van der Waals surface area contributed by atoms with Gasteiger partial charge in [-0.05, 0) is 6.42 Å². The molecule has 1 aliphatic rings. The van der Waals surface area contributed by atoms with Crippen molar-refractivity contribution in [2.45, 2.75) is 25.8 Å². The van der Waals surface area contributed by atoms with Crippen molar-refractivity contribution in [2.75, 3.05) is 6.54 Å². The molecule has 3 heteroatoms. The molecule has 0 amide bonds. The predicted molar refractivity (Wildman–Crippen MR) is 31.6 cm³/mol. The van der Waals surface area contributed by atoms with Crippen LogP contribution in [-0.4, -0.2) is 19.0 Å². The Morgan fingerprint density at radius 3 is 2.56 bits per heavy atom. The van der Waals surface area contributed by atoms with E-state index in [4.69, 9.17) is 0 Å². The minimum absolute atomic E-state index is 0.446. The lowest BCUT2D eigenvalue weighted by Gasteiger charge is -2.26. The molecular weight excluding hydrogens is 124 g/mol. The Hall–Kier alpha value is -0.180. The number of piperidine rings is 1. The number of nitrogens with one attached hydrogen (secondary N) is 1.